The Morgan fingerprint density at radius 1 is 1.30 bits per heavy atom. The van der Waals surface area contributed by atoms with Crippen molar-refractivity contribution in [3.63, 3.8) is 0 Å². The smallest absolute Gasteiger partial charge is 0.295 e. The molecule has 110 valence electrons. The topological polar surface area (TPSA) is 80.2 Å². The van der Waals surface area contributed by atoms with Crippen molar-refractivity contribution in [1.29, 1.82) is 0 Å². The summed E-state index contributed by atoms with van der Waals surface area (Å²) in [6.07, 6.45) is 0. The summed E-state index contributed by atoms with van der Waals surface area (Å²) >= 11 is 0. The van der Waals surface area contributed by atoms with Gasteiger partial charge < -0.3 is 14.3 Å². The molecule has 1 aliphatic rings. The number of oxazole rings is 1. The van der Waals surface area contributed by atoms with Gasteiger partial charge in [-0.05, 0) is 14.0 Å². The highest BCUT2D eigenvalue weighted by atomic mass is 35.5. The van der Waals surface area contributed by atoms with Gasteiger partial charge in [0.2, 0.25) is 5.76 Å². The molecular formula is C12H18ClN5O2. The van der Waals surface area contributed by atoms with Gasteiger partial charge in [-0.25, -0.2) is 4.98 Å². The number of rotatable bonds is 2. The minimum Gasteiger partial charge on any atom is -0.436 e. The second kappa shape index (κ2) is 5.90. The van der Waals surface area contributed by atoms with Crippen LogP contribution in [0.2, 0.25) is 0 Å². The van der Waals surface area contributed by atoms with E-state index in [2.05, 4.69) is 32.4 Å². The first-order valence-corrected chi connectivity index (χ1v) is 6.34. The predicted octanol–water partition coefficient (Wildman–Crippen LogP) is 1.34. The average Bonchev–Trinajstić information content (AvgIpc) is 2.96. The summed E-state index contributed by atoms with van der Waals surface area (Å²) in [5.41, 5.74) is 0.767. The third kappa shape index (κ3) is 2.70. The zero-order chi connectivity index (χ0) is 13.4. The van der Waals surface area contributed by atoms with Crippen LogP contribution < -0.4 is 5.32 Å². The number of piperazine rings is 1. The van der Waals surface area contributed by atoms with E-state index in [1.807, 2.05) is 6.92 Å². The number of hydrogen-bond donors (Lipinski definition) is 1. The van der Waals surface area contributed by atoms with Gasteiger partial charge >= 0.3 is 0 Å². The van der Waals surface area contributed by atoms with E-state index in [1.165, 1.54) is 0 Å². The molecule has 2 aromatic heterocycles. The molecule has 1 fully saturated rings. The molecule has 0 saturated carbocycles. The van der Waals surface area contributed by atoms with E-state index < -0.39 is 0 Å². The van der Waals surface area contributed by atoms with Gasteiger partial charge in [0, 0.05) is 26.6 Å². The van der Waals surface area contributed by atoms with E-state index in [9.17, 15) is 0 Å². The van der Waals surface area contributed by atoms with Crippen molar-refractivity contribution in [3.05, 3.63) is 17.4 Å². The van der Waals surface area contributed by atoms with Crippen molar-refractivity contribution in [1.82, 2.24) is 25.3 Å². The molecule has 1 atom stereocenters. The average molecular weight is 300 g/mol. The third-order valence-electron chi connectivity index (χ3n) is 3.35. The lowest BCUT2D eigenvalue weighted by atomic mass is 10.2. The lowest BCUT2D eigenvalue weighted by Gasteiger charge is -2.30. The number of aryl methyl sites for hydroxylation is 2. The Morgan fingerprint density at radius 3 is 2.75 bits per heavy atom. The van der Waals surface area contributed by atoms with Crippen molar-refractivity contribution >= 4 is 12.4 Å². The first-order valence-electron chi connectivity index (χ1n) is 6.34. The molecule has 8 heteroatoms. The lowest BCUT2D eigenvalue weighted by molar-refractivity contribution is 0.190. The second-order valence-electron chi connectivity index (χ2n) is 4.81. The summed E-state index contributed by atoms with van der Waals surface area (Å²) < 4.78 is 10.8. The van der Waals surface area contributed by atoms with Gasteiger partial charge in [-0.15, -0.1) is 12.4 Å². The van der Waals surface area contributed by atoms with Crippen molar-refractivity contribution in [2.75, 3.05) is 26.7 Å². The summed E-state index contributed by atoms with van der Waals surface area (Å²) in [6.45, 7) is 6.44. The fourth-order valence-electron chi connectivity index (χ4n) is 2.29. The Hall–Kier alpha value is -1.44. The molecule has 1 aliphatic heterocycles. The van der Waals surface area contributed by atoms with Crippen LogP contribution in [0.15, 0.2) is 8.94 Å². The van der Waals surface area contributed by atoms with Gasteiger partial charge in [0.25, 0.3) is 5.89 Å². The highest BCUT2D eigenvalue weighted by molar-refractivity contribution is 5.85. The maximum atomic E-state index is 5.49. The van der Waals surface area contributed by atoms with Gasteiger partial charge in [0.05, 0.1) is 11.7 Å². The monoisotopic (exact) mass is 299 g/mol. The summed E-state index contributed by atoms with van der Waals surface area (Å²) in [7, 11) is 2.06. The summed E-state index contributed by atoms with van der Waals surface area (Å²) in [5, 5.41) is 7.39. The summed E-state index contributed by atoms with van der Waals surface area (Å²) in [6, 6.07) is 0.135. The van der Waals surface area contributed by atoms with Crippen LogP contribution in [-0.2, 0) is 0 Å². The normalized spacial score (nSPS) is 19.9. The highest BCUT2D eigenvalue weighted by Gasteiger charge is 2.26. The van der Waals surface area contributed by atoms with Crippen LogP contribution in [0.5, 0.6) is 0 Å². The van der Waals surface area contributed by atoms with E-state index in [0.29, 0.717) is 23.4 Å². The maximum Gasteiger partial charge on any atom is 0.295 e. The lowest BCUT2D eigenvalue weighted by Crippen LogP contribution is -2.44. The molecule has 7 nitrogen and oxygen atoms in total. The molecule has 0 aromatic carbocycles. The fraction of sp³-hybridized carbons (Fsp3) is 0.583. The Kier molecular flexibility index (Phi) is 4.42. The van der Waals surface area contributed by atoms with Crippen molar-refractivity contribution in [2.45, 2.75) is 19.9 Å². The van der Waals surface area contributed by atoms with Gasteiger partial charge in [-0.3, -0.25) is 4.90 Å². The standard InChI is InChI=1S/C12H17N5O2.ClH/c1-7-10(18-8(2)14-7)12-15-11(16-19-12)9-6-13-4-5-17(9)3;/h9,13H,4-6H2,1-3H3;1H. The van der Waals surface area contributed by atoms with Crippen LogP contribution in [0.3, 0.4) is 0 Å². The molecule has 1 unspecified atom stereocenters. The molecule has 0 aliphatic carbocycles. The maximum absolute atomic E-state index is 5.49. The zero-order valence-corrected chi connectivity index (χ0v) is 12.5. The molecule has 0 amide bonds. The Labute approximate surface area is 123 Å². The van der Waals surface area contributed by atoms with Crippen LogP contribution in [0, 0.1) is 13.8 Å². The van der Waals surface area contributed by atoms with Gasteiger partial charge in [0.15, 0.2) is 11.7 Å². The quantitative estimate of drug-likeness (QED) is 0.896. The van der Waals surface area contributed by atoms with Crippen molar-refractivity contribution in [2.24, 2.45) is 0 Å². The number of hydrogen-bond acceptors (Lipinski definition) is 7. The molecule has 1 saturated heterocycles. The summed E-state index contributed by atoms with van der Waals surface area (Å²) in [5.74, 6) is 2.23. The Balaban J connectivity index is 0.00000147. The molecule has 0 radical (unpaired) electrons. The minimum absolute atomic E-state index is 0. The highest BCUT2D eigenvalue weighted by Crippen LogP contribution is 2.25. The molecule has 3 rings (SSSR count). The molecule has 3 heterocycles. The number of halogens is 1. The van der Waals surface area contributed by atoms with Crippen LogP contribution in [0.1, 0.15) is 23.5 Å². The van der Waals surface area contributed by atoms with E-state index in [0.717, 1.165) is 25.3 Å². The fourth-order valence-corrected chi connectivity index (χ4v) is 2.29. The predicted molar refractivity (Wildman–Crippen MR) is 74.8 cm³/mol. The largest absolute Gasteiger partial charge is 0.436 e. The third-order valence-corrected chi connectivity index (χ3v) is 3.35. The molecule has 0 bridgehead atoms. The second-order valence-corrected chi connectivity index (χ2v) is 4.81. The number of aromatic nitrogens is 3. The summed E-state index contributed by atoms with van der Waals surface area (Å²) in [4.78, 5) is 10.9. The van der Waals surface area contributed by atoms with Gasteiger partial charge in [-0.2, -0.15) is 4.98 Å². The minimum atomic E-state index is 0. The van der Waals surface area contributed by atoms with Gasteiger partial charge in [0.1, 0.15) is 0 Å². The molecule has 20 heavy (non-hydrogen) atoms. The first-order chi connectivity index (χ1) is 9.15. The van der Waals surface area contributed by atoms with Crippen LogP contribution >= 0.6 is 12.4 Å². The van der Waals surface area contributed by atoms with E-state index in [1.54, 1.807) is 6.92 Å². The van der Waals surface area contributed by atoms with Crippen molar-refractivity contribution in [3.8, 4) is 11.7 Å². The molecule has 2 aromatic rings. The number of nitrogens with one attached hydrogen (secondary N) is 1. The van der Waals surface area contributed by atoms with E-state index >= 15 is 0 Å². The van der Waals surface area contributed by atoms with Gasteiger partial charge in [-0.1, -0.05) is 5.16 Å². The number of nitrogens with zero attached hydrogens (tertiary/aromatic N) is 4. The van der Waals surface area contributed by atoms with Crippen LogP contribution in [0.4, 0.5) is 0 Å². The molecule has 0 spiro atoms. The van der Waals surface area contributed by atoms with E-state index in [-0.39, 0.29) is 18.4 Å². The zero-order valence-electron chi connectivity index (χ0n) is 11.7. The van der Waals surface area contributed by atoms with Crippen LogP contribution in [0.25, 0.3) is 11.7 Å². The van der Waals surface area contributed by atoms with E-state index in [4.69, 9.17) is 8.94 Å². The SMILES string of the molecule is Cc1nc(C)c(-c2nc(C3CNCCN3C)no2)o1.Cl. The Morgan fingerprint density at radius 2 is 2.10 bits per heavy atom. The molecular weight excluding hydrogens is 282 g/mol. The Bertz CT molecular complexity index is 582. The number of likely N-dealkylation sites (N-methyl/N-ethyl adjacent to an activating group) is 1. The van der Waals surface area contributed by atoms with Crippen LogP contribution in [-0.4, -0.2) is 46.7 Å². The first kappa shape index (κ1) is 15.0. The molecule has 1 N–H and O–H groups in total. The van der Waals surface area contributed by atoms with Crippen molar-refractivity contribution < 1.29 is 8.94 Å².